The van der Waals surface area contributed by atoms with Gasteiger partial charge in [0, 0.05) is 17.6 Å². The average molecular weight is 340 g/mol. The van der Waals surface area contributed by atoms with E-state index in [1.54, 1.807) is 0 Å². The van der Waals surface area contributed by atoms with Gasteiger partial charge in [0.25, 0.3) is 0 Å². The summed E-state index contributed by atoms with van der Waals surface area (Å²) in [6.07, 6.45) is 6.54. The van der Waals surface area contributed by atoms with E-state index in [9.17, 15) is 0 Å². The third-order valence-corrected chi connectivity index (χ3v) is 4.75. The first-order chi connectivity index (χ1) is 9.81. The predicted octanol–water partition coefficient (Wildman–Crippen LogP) is 4.49. The second-order valence-electron chi connectivity index (χ2n) is 5.63. The monoisotopic (exact) mass is 339 g/mol. The van der Waals surface area contributed by atoms with Crippen LogP contribution in [-0.4, -0.2) is 25.8 Å². The Morgan fingerprint density at radius 2 is 2.25 bits per heavy atom. The van der Waals surface area contributed by atoms with Crippen molar-refractivity contribution in [3.05, 3.63) is 34.3 Å². The molecule has 112 valence electrons. The highest BCUT2D eigenvalue weighted by molar-refractivity contribution is 9.10. The Labute approximate surface area is 131 Å². The lowest BCUT2D eigenvalue weighted by molar-refractivity contribution is 0.101. The van der Waals surface area contributed by atoms with Crippen molar-refractivity contribution in [1.82, 2.24) is 5.32 Å². The normalized spacial score (nSPS) is 20.2. The first kappa shape index (κ1) is 16.0. The smallest absolute Gasteiger partial charge is 0.0576 e. The third-order valence-electron chi connectivity index (χ3n) is 4.02. The number of ether oxygens (including phenoxy) is 1. The lowest BCUT2D eigenvalue weighted by Crippen LogP contribution is -2.23. The van der Waals surface area contributed by atoms with E-state index >= 15 is 0 Å². The Morgan fingerprint density at radius 1 is 1.40 bits per heavy atom. The highest BCUT2D eigenvalue weighted by Crippen LogP contribution is 2.30. The van der Waals surface area contributed by atoms with Crippen LogP contribution in [0.15, 0.2) is 28.7 Å². The van der Waals surface area contributed by atoms with Crippen LogP contribution >= 0.6 is 15.9 Å². The van der Waals surface area contributed by atoms with Gasteiger partial charge < -0.3 is 10.1 Å². The van der Waals surface area contributed by atoms with Crippen molar-refractivity contribution in [1.29, 1.82) is 0 Å². The number of rotatable bonds is 8. The first-order valence-corrected chi connectivity index (χ1v) is 8.67. The maximum atomic E-state index is 5.76. The lowest BCUT2D eigenvalue weighted by Gasteiger charge is -2.21. The molecule has 20 heavy (non-hydrogen) atoms. The summed E-state index contributed by atoms with van der Waals surface area (Å²) in [6.45, 7) is 5.33. The van der Waals surface area contributed by atoms with Gasteiger partial charge in [0.15, 0.2) is 0 Å². The van der Waals surface area contributed by atoms with Gasteiger partial charge in [-0.1, -0.05) is 41.1 Å². The summed E-state index contributed by atoms with van der Waals surface area (Å²) in [5.41, 5.74) is 1.43. The summed E-state index contributed by atoms with van der Waals surface area (Å²) in [5.74, 6) is 0.571. The van der Waals surface area contributed by atoms with Crippen LogP contribution in [0.1, 0.15) is 50.5 Å². The molecule has 0 aliphatic carbocycles. The number of nitrogens with one attached hydrogen (secondary N) is 1. The maximum Gasteiger partial charge on any atom is 0.0576 e. The molecule has 1 aromatic rings. The summed E-state index contributed by atoms with van der Waals surface area (Å²) >= 11 is 3.70. The van der Waals surface area contributed by atoms with E-state index in [-0.39, 0.29) is 0 Å². The van der Waals surface area contributed by atoms with E-state index in [1.165, 1.54) is 42.1 Å². The molecular weight excluding hydrogens is 314 g/mol. The third kappa shape index (κ3) is 4.87. The molecule has 1 heterocycles. The summed E-state index contributed by atoms with van der Waals surface area (Å²) in [5, 5.41) is 3.57. The Balaban J connectivity index is 1.94. The zero-order valence-corrected chi connectivity index (χ0v) is 14.0. The highest BCUT2D eigenvalue weighted by atomic mass is 79.9. The van der Waals surface area contributed by atoms with E-state index in [2.05, 4.69) is 52.4 Å². The van der Waals surface area contributed by atoms with Crippen molar-refractivity contribution >= 4 is 15.9 Å². The van der Waals surface area contributed by atoms with Crippen LogP contribution in [0, 0.1) is 0 Å². The van der Waals surface area contributed by atoms with Gasteiger partial charge >= 0.3 is 0 Å². The molecule has 1 saturated heterocycles. The minimum atomic E-state index is 0.492. The van der Waals surface area contributed by atoms with Gasteiger partial charge in [-0.25, -0.2) is 0 Å². The zero-order valence-electron chi connectivity index (χ0n) is 12.4. The number of hydrogen-bond donors (Lipinski definition) is 1. The second-order valence-corrected chi connectivity index (χ2v) is 6.49. The van der Waals surface area contributed by atoms with Gasteiger partial charge in [0.05, 0.1) is 6.10 Å². The molecule has 0 amide bonds. The first-order valence-electron chi connectivity index (χ1n) is 7.88. The largest absolute Gasteiger partial charge is 0.378 e. The van der Waals surface area contributed by atoms with E-state index in [0.717, 1.165) is 19.7 Å². The van der Waals surface area contributed by atoms with E-state index < -0.39 is 0 Å². The SMILES string of the molecule is CCCNCC(CCC1CCCO1)c1ccccc1Br. The topological polar surface area (TPSA) is 21.3 Å². The number of hydrogen-bond acceptors (Lipinski definition) is 2. The van der Waals surface area contributed by atoms with Crippen molar-refractivity contribution in [2.24, 2.45) is 0 Å². The van der Waals surface area contributed by atoms with Crippen LogP contribution in [0.3, 0.4) is 0 Å². The molecule has 2 atom stereocenters. The van der Waals surface area contributed by atoms with E-state index in [1.807, 2.05) is 0 Å². The van der Waals surface area contributed by atoms with Crippen molar-refractivity contribution < 1.29 is 4.74 Å². The molecule has 2 unspecified atom stereocenters. The summed E-state index contributed by atoms with van der Waals surface area (Å²) in [4.78, 5) is 0. The Hall–Kier alpha value is -0.380. The molecule has 1 aliphatic heterocycles. The summed E-state index contributed by atoms with van der Waals surface area (Å²) < 4.78 is 7.00. The molecule has 0 aromatic heterocycles. The van der Waals surface area contributed by atoms with Gasteiger partial charge in [-0.3, -0.25) is 0 Å². The maximum absolute atomic E-state index is 5.76. The van der Waals surface area contributed by atoms with Gasteiger partial charge in [-0.2, -0.15) is 0 Å². The quantitative estimate of drug-likeness (QED) is 0.704. The number of benzene rings is 1. The minimum Gasteiger partial charge on any atom is -0.378 e. The molecule has 0 spiro atoms. The van der Waals surface area contributed by atoms with Gasteiger partial charge in [-0.15, -0.1) is 0 Å². The molecule has 1 aromatic carbocycles. The molecule has 0 radical (unpaired) electrons. The Bertz CT molecular complexity index is 390. The van der Waals surface area contributed by atoms with Crippen molar-refractivity contribution in [2.45, 2.75) is 51.0 Å². The molecule has 2 nitrogen and oxygen atoms in total. The van der Waals surface area contributed by atoms with Gasteiger partial charge in [-0.05, 0) is 56.2 Å². The molecule has 3 heteroatoms. The van der Waals surface area contributed by atoms with Crippen molar-refractivity contribution in [3.8, 4) is 0 Å². The van der Waals surface area contributed by atoms with Crippen molar-refractivity contribution in [3.63, 3.8) is 0 Å². The van der Waals surface area contributed by atoms with Gasteiger partial charge in [0.1, 0.15) is 0 Å². The van der Waals surface area contributed by atoms with E-state index in [0.29, 0.717) is 12.0 Å². The molecule has 1 N–H and O–H groups in total. The highest BCUT2D eigenvalue weighted by Gasteiger charge is 2.19. The molecule has 2 rings (SSSR count). The average Bonchev–Trinajstić information content (AvgIpc) is 2.97. The summed E-state index contributed by atoms with van der Waals surface area (Å²) in [7, 11) is 0. The van der Waals surface area contributed by atoms with Crippen LogP contribution in [0.4, 0.5) is 0 Å². The lowest BCUT2D eigenvalue weighted by atomic mass is 9.92. The minimum absolute atomic E-state index is 0.492. The van der Waals surface area contributed by atoms with E-state index in [4.69, 9.17) is 4.74 Å². The zero-order chi connectivity index (χ0) is 14.2. The number of halogens is 1. The van der Waals surface area contributed by atoms with Crippen LogP contribution in [0.2, 0.25) is 0 Å². The van der Waals surface area contributed by atoms with Crippen molar-refractivity contribution in [2.75, 3.05) is 19.7 Å². The van der Waals surface area contributed by atoms with Gasteiger partial charge in [0.2, 0.25) is 0 Å². The fourth-order valence-corrected chi connectivity index (χ4v) is 3.49. The second kappa shape index (κ2) is 8.81. The Kier molecular flexibility index (Phi) is 7.05. The van der Waals surface area contributed by atoms with Crippen LogP contribution in [0.5, 0.6) is 0 Å². The fraction of sp³-hybridized carbons (Fsp3) is 0.647. The van der Waals surface area contributed by atoms with Crippen LogP contribution in [-0.2, 0) is 4.74 Å². The molecule has 0 saturated carbocycles. The Morgan fingerprint density at radius 3 is 2.95 bits per heavy atom. The van der Waals surface area contributed by atoms with Crippen LogP contribution < -0.4 is 5.32 Å². The fourth-order valence-electron chi connectivity index (χ4n) is 2.89. The molecule has 1 fully saturated rings. The standard InChI is InChI=1S/C17H26BrNO/c1-2-11-19-13-14(9-10-15-6-5-12-20-15)16-7-3-4-8-17(16)18/h3-4,7-8,14-15,19H,2,5-6,9-13H2,1H3. The van der Waals surface area contributed by atoms with Crippen LogP contribution in [0.25, 0.3) is 0 Å². The predicted molar refractivity (Wildman–Crippen MR) is 88.3 cm³/mol. The molecule has 0 bridgehead atoms. The molecular formula is C17H26BrNO. The molecule has 1 aliphatic rings. The summed E-state index contributed by atoms with van der Waals surface area (Å²) in [6, 6.07) is 8.62.